The minimum Gasteiger partial charge on any atom is -0.363 e. The van der Waals surface area contributed by atoms with E-state index in [9.17, 15) is 27.9 Å². The molecule has 3 rings (SSSR count). The molecular formula is C20H19F3N2O3. The van der Waals surface area contributed by atoms with Crippen molar-refractivity contribution in [2.24, 2.45) is 5.92 Å². The second-order valence-electron chi connectivity index (χ2n) is 6.96. The Labute approximate surface area is 159 Å². The van der Waals surface area contributed by atoms with Gasteiger partial charge in [-0.05, 0) is 19.4 Å². The highest BCUT2D eigenvalue weighted by atomic mass is 19.4. The maximum absolute atomic E-state index is 13.8. The maximum Gasteiger partial charge on any atom is 0.437 e. The fourth-order valence-electron chi connectivity index (χ4n) is 3.29. The van der Waals surface area contributed by atoms with Crippen molar-refractivity contribution >= 4 is 11.8 Å². The summed E-state index contributed by atoms with van der Waals surface area (Å²) in [7, 11) is 0. The number of ketones is 1. The second-order valence-corrected chi connectivity index (χ2v) is 6.96. The van der Waals surface area contributed by atoms with E-state index in [0.717, 1.165) is 11.1 Å². The number of alkyl halides is 3. The zero-order valence-electron chi connectivity index (χ0n) is 15.2. The van der Waals surface area contributed by atoms with Gasteiger partial charge in [-0.15, -0.1) is 0 Å². The van der Waals surface area contributed by atoms with E-state index in [0.29, 0.717) is 0 Å². The molecule has 0 unspecified atom stereocenters. The van der Waals surface area contributed by atoms with Crippen LogP contribution in [-0.2, 0) is 0 Å². The predicted octanol–water partition coefficient (Wildman–Crippen LogP) is 3.41. The number of hydrogen-bond donors (Lipinski definition) is 3. The first-order valence-corrected chi connectivity index (χ1v) is 8.58. The standard InChI is InChI=1S/C20H19F3N2O3/c1-11-3-7-13(8-4-11)16-15(17(26)14-9-5-12(2)6-10-14)19(28,20(21,22)23)25-18(27)24-16/h3-10,15-16,28H,1-2H3,(H2,24,25,27)/t15-,16+,19+/m0/s1. The smallest absolute Gasteiger partial charge is 0.363 e. The number of aliphatic hydroxyl groups is 1. The van der Waals surface area contributed by atoms with Gasteiger partial charge in [-0.1, -0.05) is 59.7 Å². The summed E-state index contributed by atoms with van der Waals surface area (Å²) in [4.78, 5) is 25.0. The minimum absolute atomic E-state index is 0.00772. The minimum atomic E-state index is -5.27. The first kappa shape index (κ1) is 19.9. The quantitative estimate of drug-likeness (QED) is 0.701. The highest BCUT2D eigenvalue weighted by molar-refractivity contribution is 6.00. The van der Waals surface area contributed by atoms with Gasteiger partial charge in [0.2, 0.25) is 5.72 Å². The average molecular weight is 392 g/mol. The van der Waals surface area contributed by atoms with E-state index in [1.54, 1.807) is 38.1 Å². The molecule has 1 aliphatic heterocycles. The summed E-state index contributed by atoms with van der Waals surface area (Å²) in [6.45, 7) is 3.57. The van der Waals surface area contributed by atoms with Crippen molar-refractivity contribution in [1.82, 2.24) is 10.6 Å². The summed E-state index contributed by atoms with van der Waals surface area (Å²) in [5.74, 6) is -2.95. The Balaban J connectivity index is 2.15. The average Bonchev–Trinajstić information content (AvgIpc) is 2.61. The Morgan fingerprint density at radius 3 is 2.00 bits per heavy atom. The topological polar surface area (TPSA) is 78.4 Å². The lowest BCUT2D eigenvalue weighted by Crippen LogP contribution is -2.72. The monoisotopic (exact) mass is 392 g/mol. The number of carbonyl (C=O) groups excluding carboxylic acids is 2. The van der Waals surface area contributed by atoms with Gasteiger partial charge in [0, 0.05) is 5.56 Å². The summed E-state index contributed by atoms with van der Waals surface area (Å²) < 4.78 is 41.4. The van der Waals surface area contributed by atoms with Crippen LogP contribution in [0.5, 0.6) is 0 Å². The van der Waals surface area contributed by atoms with Gasteiger partial charge >= 0.3 is 12.2 Å². The molecule has 2 aromatic rings. The van der Waals surface area contributed by atoms with Crippen molar-refractivity contribution in [2.75, 3.05) is 0 Å². The molecule has 0 bridgehead atoms. The van der Waals surface area contributed by atoms with E-state index in [1.807, 2.05) is 0 Å². The van der Waals surface area contributed by atoms with E-state index in [1.165, 1.54) is 29.6 Å². The first-order valence-electron chi connectivity index (χ1n) is 8.58. The summed E-state index contributed by atoms with van der Waals surface area (Å²) in [5, 5.41) is 14.4. The van der Waals surface area contributed by atoms with Crippen LogP contribution in [0, 0.1) is 19.8 Å². The predicted molar refractivity (Wildman–Crippen MR) is 95.6 cm³/mol. The van der Waals surface area contributed by atoms with Crippen molar-refractivity contribution in [3.8, 4) is 0 Å². The molecule has 28 heavy (non-hydrogen) atoms. The molecule has 0 aliphatic carbocycles. The number of Topliss-reactive ketones (excluding diaryl/α,β-unsaturated/α-hetero) is 1. The SMILES string of the molecule is Cc1ccc(C(=O)[C@@H]2[C@@H](c3ccc(C)cc3)NC(=O)N[C@]2(O)C(F)(F)F)cc1. The molecule has 0 radical (unpaired) electrons. The molecule has 2 amide bonds. The Morgan fingerprint density at radius 1 is 1.00 bits per heavy atom. The van der Waals surface area contributed by atoms with Gasteiger partial charge in [0.25, 0.3) is 0 Å². The maximum atomic E-state index is 13.8. The molecule has 1 fully saturated rings. The first-order chi connectivity index (χ1) is 13.0. The number of aryl methyl sites for hydroxylation is 2. The molecule has 2 aromatic carbocycles. The molecule has 8 heteroatoms. The number of amides is 2. The van der Waals surface area contributed by atoms with Crippen LogP contribution in [0.2, 0.25) is 0 Å². The van der Waals surface area contributed by atoms with Gasteiger partial charge in [-0.25, -0.2) is 4.79 Å². The molecular weight excluding hydrogens is 373 g/mol. The van der Waals surface area contributed by atoms with Gasteiger partial charge in [0.1, 0.15) is 5.92 Å². The van der Waals surface area contributed by atoms with E-state index in [-0.39, 0.29) is 11.1 Å². The van der Waals surface area contributed by atoms with Crippen molar-refractivity contribution in [2.45, 2.75) is 31.8 Å². The summed E-state index contributed by atoms with van der Waals surface area (Å²) >= 11 is 0. The molecule has 1 aliphatic rings. The van der Waals surface area contributed by atoms with Crippen LogP contribution < -0.4 is 10.6 Å². The van der Waals surface area contributed by atoms with Crippen LogP contribution in [-0.4, -0.2) is 28.8 Å². The van der Waals surface area contributed by atoms with Gasteiger partial charge in [-0.3, -0.25) is 4.79 Å². The number of benzene rings is 2. The molecule has 1 heterocycles. The number of halogens is 3. The highest BCUT2D eigenvalue weighted by Crippen LogP contribution is 2.43. The summed E-state index contributed by atoms with van der Waals surface area (Å²) in [5.41, 5.74) is -1.74. The van der Waals surface area contributed by atoms with E-state index in [2.05, 4.69) is 5.32 Å². The number of nitrogens with one attached hydrogen (secondary N) is 2. The van der Waals surface area contributed by atoms with Gasteiger partial charge in [-0.2, -0.15) is 13.2 Å². The zero-order valence-corrected chi connectivity index (χ0v) is 15.2. The third-order valence-electron chi connectivity index (χ3n) is 4.86. The number of hydrogen-bond acceptors (Lipinski definition) is 3. The third-order valence-corrected chi connectivity index (χ3v) is 4.86. The lowest BCUT2D eigenvalue weighted by molar-refractivity contribution is -0.287. The van der Waals surface area contributed by atoms with Gasteiger partial charge < -0.3 is 15.7 Å². The van der Waals surface area contributed by atoms with Crippen LogP contribution >= 0.6 is 0 Å². The second kappa shape index (κ2) is 6.94. The van der Waals surface area contributed by atoms with E-state index < -0.39 is 35.7 Å². The lowest BCUT2D eigenvalue weighted by atomic mass is 9.77. The largest absolute Gasteiger partial charge is 0.437 e. The van der Waals surface area contributed by atoms with Crippen LogP contribution in [0.1, 0.15) is 33.1 Å². The lowest BCUT2D eigenvalue weighted by Gasteiger charge is -2.45. The zero-order chi connectivity index (χ0) is 20.7. The fourth-order valence-corrected chi connectivity index (χ4v) is 3.29. The molecule has 1 saturated heterocycles. The molecule has 0 spiro atoms. The number of rotatable bonds is 3. The Kier molecular flexibility index (Phi) is 4.93. The normalized spacial score (nSPS) is 25.0. The molecule has 5 nitrogen and oxygen atoms in total. The summed E-state index contributed by atoms with van der Waals surface area (Å²) in [6.07, 6.45) is -5.27. The van der Waals surface area contributed by atoms with Crippen LogP contribution in [0.3, 0.4) is 0 Å². The van der Waals surface area contributed by atoms with Crippen LogP contribution in [0.4, 0.5) is 18.0 Å². The molecule has 3 N–H and O–H groups in total. The Morgan fingerprint density at radius 2 is 1.50 bits per heavy atom. The van der Waals surface area contributed by atoms with Crippen molar-refractivity contribution in [1.29, 1.82) is 0 Å². The summed E-state index contributed by atoms with van der Waals surface area (Å²) in [6, 6.07) is 9.77. The molecule has 148 valence electrons. The Hall–Kier alpha value is -2.87. The van der Waals surface area contributed by atoms with E-state index >= 15 is 0 Å². The number of carbonyl (C=O) groups is 2. The fraction of sp³-hybridized carbons (Fsp3) is 0.300. The van der Waals surface area contributed by atoms with Crippen LogP contribution in [0.25, 0.3) is 0 Å². The molecule has 3 atom stereocenters. The Bertz CT molecular complexity index is 894. The van der Waals surface area contributed by atoms with Gasteiger partial charge in [0.05, 0.1) is 6.04 Å². The highest BCUT2D eigenvalue weighted by Gasteiger charge is 2.66. The van der Waals surface area contributed by atoms with E-state index in [4.69, 9.17) is 0 Å². The molecule has 0 saturated carbocycles. The van der Waals surface area contributed by atoms with Gasteiger partial charge in [0.15, 0.2) is 5.78 Å². The molecule has 0 aromatic heterocycles. The third kappa shape index (κ3) is 3.47. The van der Waals surface area contributed by atoms with Crippen LogP contribution in [0.15, 0.2) is 48.5 Å². The van der Waals surface area contributed by atoms with Crippen molar-refractivity contribution in [3.05, 3.63) is 70.8 Å². The number of urea groups is 1. The van der Waals surface area contributed by atoms with Crippen molar-refractivity contribution < 1.29 is 27.9 Å². The van der Waals surface area contributed by atoms with Crippen molar-refractivity contribution in [3.63, 3.8) is 0 Å².